The van der Waals surface area contributed by atoms with Crippen LogP contribution in [0.5, 0.6) is 11.5 Å². The zero-order valence-corrected chi connectivity index (χ0v) is 9.33. The first-order valence-corrected chi connectivity index (χ1v) is 5.24. The summed E-state index contributed by atoms with van der Waals surface area (Å²) in [4.78, 5) is 22.8. The van der Waals surface area contributed by atoms with Crippen molar-refractivity contribution in [1.29, 1.82) is 0 Å². The highest BCUT2D eigenvalue weighted by Gasteiger charge is 2.14. The molecule has 18 heavy (non-hydrogen) atoms. The van der Waals surface area contributed by atoms with Crippen LogP contribution in [0.2, 0.25) is 0 Å². The third-order valence-electron chi connectivity index (χ3n) is 2.57. The topological polar surface area (TPSA) is 74.6 Å². The van der Waals surface area contributed by atoms with E-state index in [0.29, 0.717) is 6.29 Å². The molecule has 90 valence electrons. The Kier molecular flexibility index (Phi) is 3.10. The number of ketones is 1. The summed E-state index contributed by atoms with van der Waals surface area (Å²) in [5, 5.41) is 18.9. The normalized spacial score (nSPS) is 10.0. The number of hydrogen-bond donors (Lipinski definition) is 2. The second kappa shape index (κ2) is 4.71. The largest absolute Gasteiger partial charge is 0.507 e. The van der Waals surface area contributed by atoms with E-state index >= 15 is 0 Å². The number of carbonyl (C=O) groups excluding carboxylic acids is 2. The summed E-state index contributed by atoms with van der Waals surface area (Å²) in [6.07, 6.45) is 0.469. The predicted molar refractivity (Wildman–Crippen MR) is 65.0 cm³/mol. The standard InChI is InChI=1S/C14H10O4/c15-8-10-7-9(5-6-12(10)16)14(18)11-3-1-2-4-13(11)17/h1-8,16-17H. The molecule has 2 aromatic carbocycles. The molecule has 0 saturated heterocycles. The number of benzene rings is 2. The molecule has 0 unspecified atom stereocenters. The molecule has 0 saturated carbocycles. The molecular formula is C14H10O4. The number of aromatic hydroxyl groups is 2. The minimum Gasteiger partial charge on any atom is -0.507 e. The number of carbonyl (C=O) groups is 2. The molecule has 2 aromatic rings. The van der Waals surface area contributed by atoms with Gasteiger partial charge in [0.2, 0.25) is 0 Å². The summed E-state index contributed by atoms with van der Waals surface area (Å²) in [5.41, 5.74) is 0.424. The van der Waals surface area contributed by atoms with E-state index in [2.05, 4.69) is 0 Å². The first-order valence-electron chi connectivity index (χ1n) is 5.24. The summed E-state index contributed by atoms with van der Waals surface area (Å²) >= 11 is 0. The van der Waals surface area contributed by atoms with Crippen molar-refractivity contribution in [1.82, 2.24) is 0 Å². The maximum Gasteiger partial charge on any atom is 0.196 e. The SMILES string of the molecule is O=Cc1cc(C(=O)c2ccccc2O)ccc1O. The van der Waals surface area contributed by atoms with E-state index in [1.807, 2.05) is 0 Å². The minimum atomic E-state index is -0.406. The zero-order chi connectivity index (χ0) is 13.1. The van der Waals surface area contributed by atoms with E-state index in [1.165, 1.54) is 30.3 Å². The summed E-state index contributed by atoms with van der Waals surface area (Å²) < 4.78 is 0. The molecule has 2 N–H and O–H groups in total. The highest BCUT2D eigenvalue weighted by molar-refractivity contribution is 6.11. The van der Waals surface area contributed by atoms with Gasteiger partial charge in [0.15, 0.2) is 12.1 Å². The Balaban J connectivity index is 2.47. The molecule has 0 aliphatic carbocycles. The molecule has 0 radical (unpaired) electrons. The van der Waals surface area contributed by atoms with Gasteiger partial charge in [0, 0.05) is 5.56 Å². The first-order chi connectivity index (χ1) is 8.63. The number of phenols is 2. The molecule has 0 atom stereocenters. The van der Waals surface area contributed by atoms with Gasteiger partial charge in [-0.05, 0) is 30.3 Å². The van der Waals surface area contributed by atoms with Crippen molar-refractivity contribution in [3.05, 3.63) is 59.2 Å². The second-order valence-corrected chi connectivity index (χ2v) is 3.74. The van der Waals surface area contributed by atoms with Crippen molar-refractivity contribution < 1.29 is 19.8 Å². The Morgan fingerprint density at radius 1 is 1.00 bits per heavy atom. The lowest BCUT2D eigenvalue weighted by Crippen LogP contribution is -2.02. The summed E-state index contributed by atoms with van der Waals surface area (Å²) in [6.45, 7) is 0. The van der Waals surface area contributed by atoms with Crippen molar-refractivity contribution in [3.8, 4) is 11.5 Å². The van der Waals surface area contributed by atoms with Gasteiger partial charge in [-0.2, -0.15) is 0 Å². The maximum absolute atomic E-state index is 12.1. The molecule has 0 aliphatic rings. The van der Waals surface area contributed by atoms with Gasteiger partial charge in [-0.3, -0.25) is 9.59 Å². The van der Waals surface area contributed by atoms with Crippen molar-refractivity contribution in [3.63, 3.8) is 0 Å². The molecule has 4 nitrogen and oxygen atoms in total. The summed E-state index contributed by atoms with van der Waals surface area (Å²) in [7, 11) is 0. The van der Waals surface area contributed by atoms with E-state index in [0.717, 1.165) is 0 Å². The fourth-order valence-electron chi connectivity index (χ4n) is 1.61. The molecule has 4 heteroatoms. The van der Waals surface area contributed by atoms with Crippen molar-refractivity contribution in [2.24, 2.45) is 0 Å². The molecule has 0 fully saturated rings. The van der Waals surface area contributed by atoms with Gasteiger partial charge in [-0.25, -0.2) is 0 Å². The number of rotatable bonds is 3. The van der Waals surface area contributed by atoms with Gasteiger partial charge in [-0.1, -0.05) is 12.1 Å². The average Bonchev–Trinajstić information content (AvgIpc) is 2.39. The lowest BCUT2D eigenvalue weighted by Gasteiger charge is -2.05. The Labute approximate surface area is 103 Å². The summed E-state index contributed by atoms with van der Waals surface area (Å²) in [5.74, 6) is -0.710. The van der Waals surface area contributed by atoms with Gasteiger partial charge in [0.05, 0.1) is 11.1 Å². The first kappa shape index (κ1) is 11.9. The smallest absolute Gasteiger partial charge is 0.196 e. The van der Waals surface area contributed by atoms with Gasteiger partial charge >= 0.3 is 0 Å². The van der Waals surface area contributed by atoms with E-state index in [9.17, 15) is 19.8 Å². The molecule has 0 bridgehead atoms. The van der Waals surface area contributed by atoms with Crippen LogP contribution in [0.1, 0.15) is 26.3 Å². The monoisotopic (exact) mass is 242 g/mol. The Bertz CT molecular complexity index is 617. The average molecular weight is 242 g/mol. The number of aldehydes is 1. The van der Waals surface area contributed by atoms with Crippen molar-refractivity contribution in [2.45, 2.75) is 0 Å². The molecule has 0 spiro atoms. The number of phenolic OH excluding ortho intramolecular Hbond substituents is 2. The van der Waals surface area contributed by atoms with Crippen LogP contribution in [-0.4, -0.2) is 22.3 Å². The van der Waals surface area contributed by atoms with Crippen molar-refractivity contribution in [2.75, 3.05) is 0 Å². The third kappa shape index (κ3) is 2.08. The maximum atomic E-state index is 12.1. The highest BCUT2D eigenvalue weighted by Crippen LogP contribution is 2.22. The van der Waals surface area contributed by atoms with Gasteiger partial charge < -0.3 is 10.2 Å². The van der Waals surface area contributed by atoms with Crippen LogP contribution in [0, 0.1) is 0 Å². The highest BCUT2D eigenvalue weighted by atomic mass is 16.3. The molecule has 0 aromatic heterocycles. The fourth-order valence-corrected chi connectivity index (χ4v) is 1.61. The lowest BCUT2D eigenvalue weighted by molar-refractivity contribution is 0.103. The molecule has 0 aliphatic heterocycles. The zero-order valence-electron chi connectivity index (χ0n) is 9.33. The number of para-hydroxylation sites is 1. The Hall–Kier alpha value is -2.62. The van der Waals surface area contributed by atoms with Crippen LogP contribution in [0.25, 0.3) is 0 Å². The fraction of sp³-hybridized carbons (Fsp3) is 0. The van der Waals surface area contributed by atoms with Crippen LogP contribution < -0.4 is 0 Å². The number of hydrogen-bond acceptors (Lipinski definition) is 4. The quantitative estimate of drug-likeness (QED) is 0.638. The summed E-state index contributed by atoms with van der Waals surface area (Å²) in [6, 6.07) is 10.1. The van der Waals surface area contributed by atoms with Crippen LogP contribution in [0.4, 0.5) is 0 Å². The molecular weight excluding hydrogens is 232 g/mol. The Morgan fingerprint density at radius 2 is 1.72 bits per heavy atom. The van der Waals surface area contributed by atoms with Gasteiger partial charge in [0.1, 0.15) is 11.5 Å². The minimum absolute atomic E-state index is 0.0382. The van der Waals surface area contributed by atoms with Crippen molar-refractivity contribution >= 4 is 12.1 Å². The molecule has 2 rings (SSSR count). The van der Waals surface area contributed by atoms with Crippen LogP contribution in [0.15, 0.2) is 42.5 Å². The molecule has 0 heterocycles. The van der Waals surface area contributed by atoms with E-state index < -0.39 is 5.78 Å². The van der Waals surface area contributed by atoms with Gasteiger partial charge in [0.25, 0.3) is 0 Å². The van der Waals surface area contributed by atoms with Crippen LogP contribution >= 0.6 is 0 Å². The van der Waals surface area contributed by atoms with Crippen LogP contribution in [0.3, 0.4) is 0 Å². The van der Waals surface area contributed by atoms with E-state index in [4.69, 9.17) is 0 Å². The van der Waals surface area contributed by atoms with E-state index in [-0.39, 0.29) is 28.2 Å². The second-order valence-electron chi connectivity index (χ2n) is 3.74. The molecule has 0 amide bonds. The predicted octanol–water partition coefficient (Wildman–Crippen LogP) is 2.14. The lowest BCUT2D eigenvalue weighted by atomic mass is 10.0. The van der Waals surface area contributed by atoms with Crippen LogP contribution in [-0.2, 0) is 0 Å². The Morgan fingerprint density at radius 3 is 2.39 bits per heavy atom. The third-order valence-corrected chi connectivity index (χ3v) is 2.57. The van der Waals surface area contributed by atoms with E-state index in [1.54, 1.807) is 12.1 Å². The van der Waals surface area contributed by atoms with Gasteiger partial charge in [-0.15, -0.1) is 0 Å².